The Morgan fingerprint density at radius 3 is 2.30 bits per heavy atom. The van der Waals surface area contributed by atoms with E-state index < -0.39 is 11.2 Å². The Morgan fingerprint density at radius 1 is 0.909 bits per heavy atom. The highest BCUT2D eigenvalue weighted by Crippen LogP contribution is 2.33. The minimum Gasteiger partial charge on any atom is -0.481 e. The van der Waals surface area contributed by atoms with Crippen molar-refractivity contribution in [3.63, 3.8) is 0 Å². The largest absolute Gasteiger partial charge is 0.481 e. The van der Waals surface area contributed by atoms with Crippen molar-refractivity contribution in [2.75, 3.05) is 5.32 Å². The molecule has 168 valence electrons. The summed E-state index contributed by atoms with van der Waals surface area (Å²) in [6.45, 7) is 0. The lowest BCUT2D eigenvalue weighted by Gasteiger charge is -2.17. The first-order valence-electron chi connectivity index (χ1n) is 10.9. The Balaban J connectivity index is 1.63. The maximum atomic E-state index is 13.2. The van der Waals surface area contributed by atoms with Crippen LogP contribution in [0.4, 0.5) is 5.69 Å². The summed E-state index contributed by atoms with van der Waals surface area (Å²) in [5.74, 6) is -0.938. The van der Waals surface area contributed by atoms with Gasteiger partial charge in [0.25, 0.3) is 0 Å². The van der Waals surface area contributed by atoms with Gasteiger partial charge >= 0.3 is 5.97 Å². The number of fused-ring (bicyclic) bond motifs is 1. The molecule has 0 saturated carbocycles. The van der Waals surface area contributed by atoms with Crippen molar-refractivity contribution >= 4 is 40.4 Å². The molecule has 0 aliphatic carbocycles. The topological polar surface area (TPSA) is 84.2 Å². The summed E-state index contributed by atoms with van der Waals surface area (Å²) < 4.78 is 2.07. The third-order valence-corrected chi connectivity index (χ3v) is 6.45. The summed E-state index contributed by atoms with van der Waals surface area (Å²) >= 11 is 1.41. The number of rotatable bonds is 10. The first-order chi connectivity index (χ1) is 16.1. The van der Waals surface area contributed by atoms with Gasteiger partial charge in [0, 0.05) is 17.8 Å². The zero-order valence-electron chi connectivity index (χ0n) is 18.1. The number of anilines is 1. The van der Waals surface area contributed by atoms with Gasteiger partial charge in [-0.3, -0.25) is 14.2 Å². The van der Waals surface area contributed by atoms with Crippen LogP contribution in [0, 0.1) is 0 Å². The first kappa shape index (κ1) is 22.6. The zero-order chi connectivity index (χ0) is 23.0. The predicted molar refractivity (Wildman–Crippen MR) is 132 cm³/mol. The summed E-state index contributed by atoms with van der Waals surface area (Å²) in [6, 6.07) is 27.2. The van der Waals surface area contributed by atoms with Crippen molar-refractivity contribution in [2.45, 2.75) is 36.1 Å². The molecule has 1 heterocycles. The number of carbonyl (C=O) groups is 2. The minimum atomic E-state index is -0.821. The van der Waals surface area contributed by atoms with E-state index in [9.17, 15) is 9.59 Å². The van der Waals surface area contributed by atoms with Gasteiger partial charge in [0.05, 0.1) is 16.3 Å². The molecule has 1 amide bonds. The average molecular weight is 460 g/mol. The fraction of sp³-hybridized carbons (Fsp3) is 0.192. The number of carboxylic acid groups (broad SMARTS) is 1. The summed E-state index contributed by atoms with van der Waals surface area (Å²) in [7, 11) is 0. The lowest BCUT2D eigenvalue weighted by Crippen LogP contribution is -2.25. The van der Waals surface area contributed by atoms with Gasteiger partial charge in [-0.2, -0.15) is 0 Å². The van der Waals surface area contributed by atoms with Crippen LogP contribution in [0.2, 0.25) is 0 Å². The fourth-order valence-corrected chi connectivity index (χ4v) is 4.80. The van der Waals surface area contributed by atoms with Crippen molar-refractivity contribution in [1.82, 2.24) is 9.55 Å². The van der Waals surface area contributed by atoms with Crippen molar-refractivity contribution in [1.29, 1.82) is 0 Å². The Labute approximate surface area is 196 Å². The van der Waals surface area contributed by atoms with Crippen molar-refractivity contribution in [3.8, 4) is 5.69 Å². The molecular formula is C26H25N3O3S. The third kappa shape index (κ3) is 5.81. The Morgan fingerprint density at radius 2 is 1.58 bits per heavy atom. The number of thioether (sulfide) groups is 1. The van der Waals surface area contributed by atoms with Crippen molar-refractivity contribution in [3.05, 3.63) is 84.9 Å². The number of aromatic nitrogens is 2. The number of benzene rings is 3. The van der Waals surface area contributed by atoms with Crippen LogP contribution in [0.1, 0.15) is 25.7 Å². The van der Waals surface area contributed by atoms with Gasteiger partial charge in [-0.05, 0) is 49.2 Å². The van der Waals surface area contributed by atoms with E-state index in [4.69, 9.17) is 10.1 Å². The summed E-state index contributed by atoms with van der Waals surface area (Å²) in [5.41, 5.74) is 3.54. The molecule has 3 aromatic carbocycles. The van der Waals surface area contributed by atoms with Crippen LogP contribution in [0.25, 0.3) is 16.7 Å². The normalized spacial score (nSPS) is 11.9. The number of carbonyl (C=O) groups excluding carboxylic acids is 1. The number of carboxylic acids is 1. The van der Waals surface area contributed by atoms with E-state index in [2.05, 4.69) is 9.88 Å². The van der Waals surface area contributed by atoms with Crippen LogP contribution < -0.4 is 5.32 Å². The maximum absolute atomic E-state index is 13.2. The molecule has 0 saturated heterocycles. The van der Waals surface area contributed by atoms with Gasteiger partial charge in [0.15, 0.2) is 5.16 Å². The van der Waals surface area contributed by atoms with Gasteiger partial charge in [-0.25, -0.2) is 4.98 Å². The van der Waals surface area contributed by atoms with Crippen LogP contribution in [0.3, 0.4) is 0 Å². The molecule has 0 aliphatic rings. The highest BCUT2D eigenvalue weighted by molar-refractivity contribution is 8.00. The SMILES string of the molecule is O=C(O)CCCCC(Sc1nc2ccccc2n1-c1ccccc1)C(=O)Nc1ccccc1. The van der Waals surface area contributed by atoms with E-state index in [-0.39, 0.29) is 12.3 Å². The second-order valence-electron chi connectivity index (χ2n) is 7.66. The van der Waals surface area contributed by atoms with Crippen LogP contribution >= 0.6 is 11.8 Å². The zero-order valence-corrected chi connectivity index (χ0v) is 18.9. The summed E-state index contributed by atoms with van der Waals surface area (Å²) in [5, 5.41) is 12.3. The highest BCUT2D eigenvalue weighted by Gasteiger charge is 2.24. The van der Waals surface area contributed by atoms with E-state index in [0.29, 0.717) is 19.3 Å². The number of para-hydroxylation sites is 4. The molecular weight excluding hydrogens is 434 g/mol. The smallest absolute Gasteiger partial charge is 0.303 e. The molecule has 33 heavy (non-hydrogen) atoms. The van der Waals surface area contributed by atoms with E-state index in [1.54, 1.807) is 0 Å². The molecule has 1 atom stereocenters. The van der Waals surface area contributed by atoms with Gasteiger partial charge in [-0.1, -0.05) is 66.7 Å². The van der Waals surface area contributed by atoms with E-state index in [1.807, 2.05) is 84.9 Å². The lowest BCUT2D eigenvalue weighted by atomic mass is 10.1. The molecule has 1 aromatic heterocycles. The number of amides is 1. The molecule has 0 bridgehead atoms. The lowest BCUT2D eigenvalue weighted by molar-refractivity contribution is -0.137. The third-order valence-electron chi connectivity index (χ3n) is 5.23. The van der Waals surface area contributed by atoms with Crippen LogP contribution in [0.15, 0.2) is 90.1 Å². The Kier molecular flexibility index (Phi) is 7.42. The second-order valence-corrected chi connectivity index (χ2v) is 8.83. The molecule has 0 fully saturated rings. The second kappa shape index (κ2) is 10.8. The summed E-state index contributed by atoms with van der Waals surface area (Å²) in [4.78, 5) is 29.0. The van der Waals surface area contributed by atoms with E-state index in [1.165, 1.54) is 11.8 Å². The number of aliphatic carboxylic acids is 1. The first-order valence-corrected chi connectivity index (χ1v) is 11.8. The molecule has 6 nitrogen and oxygen atoms in total. The van der Waals surface area contributed by atoms with Gasteiger partial charge < -0.3 is 10.4 Å². The number of nitrogens with one attached hydrogen (secondary N) is 1. The molecule has 0 aliphatic heterocycles. The van der Waals surface area contributed by atoms with Gasteiger partial charge in [-0.15, -0.1) is 0 Å². The highest BCUT2D eigenvalue weighted by atomic mass is 32.2. The fourth-order valence-electron chi connectivity index (χ4n) is 3.63. The number of unbranched alkanes of at least 4 members (excludes halogenated alkanes) is 1. The molecule has 1 unspecified atom stereocenters. The van der Waals surface area contributed by atoms with Gasteiger partial charge in [0.2, 0.25) is 5.91 Å². The van der Waals surface area contributed by atoms with E-state index >= 15 is 0 Å². The van der Waals surface area contributed by atoms with Crippen LogP contribution in [0.5, 0.6) is 0 Å². The van der Waals surface area contributed by atoms with Crippen molar-refractivity contribution < 1.29 is 14.7 Å². The number of hydrogen-bond donors (Lipinski definition) is 2. The van der Waals surface area contributed by atoms with Crippen LogP contribution in [-0.2, 0) is 9.59 Å². The molecule has 0 spiro atoms. The Hall–Kier alpha value is -3.58. The number of imidazole rings is 1. The summed E-state index contributed by atoms with van der Waals surface area (Å²) in [6.07, 6.45) is 1.81. The quantitative estimate of drug-likeness (QED) is 0.232. The molecule has 2 N–H and O–H groups in total. The minimum absolute atomic E-state index is 0.0974. The van der Waals surface area contributed by atoms with E-state index in [0.717, 1.165) is 27.6 Å². The molecule has 4 aromatic rings. The standard InChI is InChI=1S/C26H25N3O3S/c30-24(31)18-10-9-17-23(25(32)27-19-11-3-1-4-12-19)33-26-28-21-15-7-8-16-22(21)29(26)20-13-5-2-6-14-20/h1-8,11-16,23H,9-10,17-18H2,(H,27,32)(H,30,31). The van der Waals surface area contributed by atoms with Crippen molar-refractivity contribution in [2.24, 2.45) is 0 Å². The predicted octanol–water partition coefficient (Wildman–Crippen LogP) is 5.77. The number of hydrogen-bond acceptors (Lipinski definition) is 4. The molecule has 7 heteroatoms. The monoisotopic (exact) mass is 459 g/mol. The molecule has 4 rings (SSSR count). The molecule has 0 radical (unpaired) electrons. The number of nitrogens with zero attached hydrogens (tertiary/aromatic N) is 2. The average Bonchev–Trinajstić information content (AvgIpc) is 3.20. The maximum Gasteiger partial charge on any atom is 0.303 e. The van der Waals surface area contributed by atoms with Gasteiger partial charge in [0.1, 0.15) is 0 Å². The Bertz CT molecular complexity index is 1230. The van der Waals surface area contributed by atoms with Crippen LogP contribution in [-0.4, -0.2) is 31.8 Å².